The molecule has 0 saturated carbocycles. The minimum atomic E-state index is -0.196. The number of nitrogens with zero attached hydrogens (tertiary/aromatic N) is 3. The fourth-order valence-corrected chi connectivity index (χ4v) is 4.54. The summed E-state index contributed by atoms with van der Waals surface area (Å²) in [7, 11) is 1.63. The van der Waals surface area contributed by atoms with Crippen molar-refractivity contribution < 1.29 is 14.3 Å². The van der Waals surface area contributed by atoms with Gasteiger partial charge < -0.3 is 19.7 Å². The highest BCUT2D eigenvalue weighted by atomic mass is 32.1. The van der Waals surface area contributed by atoms with Crippen LogP contribution in [-0.4, -0.2) is 66.3 Å². The molecule has 0 radical (unpaired) electrons. The molecular formula is C20H27N5O3S. The van der Waals surface area contributed by atoms with Gasteiger partial charge in [-0.25, -0.2) is 4.79 Å². The molecule has 2 atom stereocenters. The monoisotopic (exact) mass is 417 g/mol. The number of piperidine rings is 1. The largest absolute Gasteiger partial charge is 0.495 e. The van der Waals surface area contributed by atoms with Gasteiger partial charge in [0.15, 0.2) is 0 Å². The van der Waals surface area contributed by atoms with Crippen molar-refractivity contribution in [3.05, 3.63) is 35.8 Å². The van der Waals surface area contributed by atoms with Gasteiger partial charge in [-0.2, -0.15) is 4.37 Å². The van der Waals surface area contributed by atoms with Crippen LogP contribution < -0.4 is 15.4 Å². The smallest absolute Gasteiger partial charge is 0.320 e. The van der Waals surface area contributed by atoms with Crippen molar-refractivity contribution in [3.8, 4) is 5.75 Å². The van der Waals surface area contributed by atoms with Gasteiger partial charge >= 0.3 is 6.03 Å². The molecule has 2 aliphatic heterocycles. The van der Waals surface area contributed by atoms with E-state index in [1.54, 1.807) is 13.3 Å². The summed E-state index contributed by atoms with van der Waals surface area (Å²) in [4.78, 5) is 19.6. The van der Waals surface area contributed by atoms with Crippen molar-refractivity contribution in [3.63, 3.8) is 0 Å². The molecule has 2 aromatic heterocycles. The van der Waals surface area contributed by atoms with E-state index in [1.807, 2.05) is 25.1 Å². The normalized spacial score (nSPS) is 22.7. The van der Waals surface area contributed by atoms with E-state index in [2.05, 4.69) is 24.9 Å². The van der Waals surface area contributed by atoms with Gasteiger partial charge in [0.1, 0.15) is 10.8 Å². The van der Waals surface area contributed by atoms with Gasteiger partial charge in [-0.1, -0.05) is 0 Å². The summed E-state index contributed by atoms with van der Waals surface area (Å²) in [5.74, 6) is 1.46. The number of methoxy groups -OCH3 is 1. The minimum Gasteiger partial charge on any atom is -0.495 e. The van der Waals surface area contributed by atoms with E-state index >= 15 is 0 Å². The van der Waals surface area contributed by atoms with Crippen molar-refractivity contribution in [1.29, 1.82) is 0 Å². The first-order valence-electron chi connectivity index (χ1n) is 9.91. The van der Waals surface area contributed by atoms with Crippen LogP contribution in [-0.2, 0) is 4.74 Å². The zero-order chi connectivity index (χ0) is 20.2. The topological polar surface area (TPSA) is 88.6 Å². The number of carbonyl (C=O) groups is 1. The highest BCUT2D eigenvalue weighted by Gasteiger charge is 2.34. The number of aromatic nitrogens is 2. The lowest BCUT2D eigenvalue weighted by Crippen LogP contribution is -2.52. The standard InChI is InChI=1S/C20H27N5O3S/c1-13-7-19(29-24-13)23-20(26)22-18-5-6-25(9-14-11-28-12-14)10-16(18)17-4-3-15(27-2)8-21-17/h3-4,7-8,14,16,18H,5-6,9-12H2,1-2H3,(H2,22,23,26)/t16-,18+/m0/s1. The molecule has 4 rings (SSSR count). The van der Waals surface area contributed by atoms with E-state index in [0.29, 0.717) is 5.92 Å². The fourth-order valence-electron chi connectivity index (χ4n) is 3.88. The Labute approximate surface area is 174 Å². The van der Waals surface area contributed by atoms with Gasteiger partial charge in [0, 0.05) is 43.2 Å². The number of aryl methyl sites for hydroxylation is 1. The third-order valence-electron chi connectivity index (χ3n) is 5.48. The molecule has 156 valence electrons. The van der Waals surface area contributed by atoms with Crippen LogP contribution in [0.4, 0.5) is 9.80 Å². The van der Waals surface area contributed by atoms with Crippen LogP contribution in [0.25, 0.3) is 0 Å². The maximum Gasteiger partial charge on any atom is 0.320 e. The van der Waals surface area contributed by atoms with Crippen LogP contribution in [0.3, 0.4) is 0 Å². The SMILES string of the molecule is COc1ccc([C@@H]2CN(CC3COC3)CC[C@H]2NC(=O)Nc2cc(C)ns2)nc1. The third-order valence-corrected chi connectivity index (χ3v) is 6.27. The quantitative estimate of drug-likeness (QED) is 0.751. The lowest BCUT2D eigenvalue weighted by atomic mass is 9.88. The number of anilines is 1. The molecule has 0 aromatic carbocycles. The summed E-state index contributed by atoms with van der Waals surface area (Å²) in [6, 6.07) is 5.62. The Balaban J connectivity index is 1.44. The van der Waals surface area contributed by atoms with Crippen LogP contribution >= 0.6 is 11.5 Å². The molecule has 9 heteroatoms. The summed E-state index contributed by atoms with van der Waals surface area (Å²) < 4.78 is 14.8. The minimum absolute atomic E-state index is 0.0128. The first kappa shape index (κ1) is 20.1. The number of pyridine rings is 1. The first-order chi connectivity index (χ1) is 14.1. The first-order valence-corrected chi connectivity index (χ1v) is 10.7. The second-order valence-corrected chi connectivity index (χ2v) is 8.52. The molecule has 0 bridgehead atoms. The Bertz CT molecular complexity index is 824. The summed E-state index contributed by atoms with van der Waals surface area (Å²) in [5, 5.41) is 6.81. The molecular weight excluding hydrogens is 390 g/mol. The summed E-state index contributed by atoms with van der Waals surface area (Å²) >= 11 is 1.29. The second-order valence-electron chi connectivity index (χ2n) is 7.72. The van der Waals surface area contributed by atoms with E-state index in [-0.39, 0.29) is 18.0 Å². The number of rotatable bonds is 6. The highest BCUT2D eigenvalue weighted by molar-refractivity contribution is 7.10. The molecule has 0 unspecified atom stereocenters. The van der Waals surface area contributed by atoms with Gasteiger partial charge in [-0.15, -0.1) is 0 Å². The highest BCUT2D eigenvalue weighted by Crippen LogP contribution is 2.28. The number of carbonyl (C=O) groups excluding carboxylic acids is 1. The average Bonchev–Trinajstić information content (AvgIpc) is 3.10. The number of hydrogen-bond acceptors (Lipinski definition) is 7. The zero-order valence-corrected chi connectivity index (χ0v) is 17.6. The maximum absolute atomic E-state index is 12.6. The Kier molecular flexibility index (Phi) is 6.27. The maximum atomic E-state index is 12.6. The predicted octanol–water partition coefficient (Wildman–Crippen LogP) is 2.48. The van der Waals surface area contributed by atoms with E-state index in [1.165, 1.54) is 11.5 Å². The fraction of sp³-hybridized carbons (Fsp3) is 0.550. The third kappa shape index (κ3) is 5.04. The molecule has 2 N–H and O–H groups in total. The van der Waals surface area contributed by atoms with Crippen LogP contribution in [0.15, 0.2) is 24.4 Å². The molecule has 8 nitrogen and oxygen atoms in total. The number of ether oxygens (including phenoxy) is 2. The molecule has 2 saturated heterocycles. The summed E-state index contributed by atoms with van der Waals surface area (Å²) in [6.07, 6.45) is 2.62. The number of nitrogens with one attached hydrogen (secondary N) is 2. The van der Waals surface area contributed by atoms with Crippen LogP contribution in [0, 0.1) is 12.8 Å². The molecule has 4 heterocycles. The molecule has 2 amide bonds. The Morgan fingerprint density at radius 3 is 2.90 bits per heavy atom. The van der Waals surface area contributed by atoms with Crippen molar-refractivity contribution in [2.45, 2.75) is 25.3 Å². The molecule has 0 aliphatic carbocycles. The molecule has 0 spiro atoms. The molecule has 2 aliphatic rings. The van der Waals surface area contributed by atoms with Gasteiger partial charge in [0.2, 0.25) is 0 Å². The number of amides is 2. The van der Waals surface area contributed by atoms with Gasteiger partial charge in [0.25, 0.3) is 0 Å². The molecule has 29 heavy (non-hydrogen) atoms. The van der Waals surface area contributed by atoms with Crippen molar-refractivity contribution in [2.75, 3.05) is 45.3 Å². The molecule has 2 fully saturated rings. The van der Waals surface area contributed by atoms with E-state index in [0.717, 1.165) is 61.4 Å². The number of urea groups is 1. The van der Waals surface area contributed by atoms with Gasteiger partial charge in [-0.3, -0.25) is 10.3 Å². The lowest BCUT2D eigenvalue weighted by Gasteiger charge is -2.41. The van der Waals surface area contributed by atoms with E-state index < -0.39 is 0 Å². The lowest BCUT2D eigenvalue weighted by molar-refractivity contribution is -0.0499. The Morgan fingerprint density at radius 1 is 1.41 bits per heavy atom. The Morgan fingerprint density at radius 2 is 2.28 bits per heavy atom. The zero-order valence-electron chi connectivity index (χ0n) is 16.8. The number of hydrogen-bond donors (Lipinski definition) is 2. The predicted molar refractivity (Wildman–Crippen MR) is 112 cm³/mol. The summed E-state index contributed by atoms with van der Waals surface area (Å²) in [6.45, 7) is 6.45. The van der Waals surface area contributed by atoms with Gasteiger partial charge in [0.05, 0.1) is 32.2 Å². The van der Waals surface area contributed by atoms with E-state index in [9.17, 15) is 4.79 Å². The van der Waals surface area contributed by atoms with Crippen LogP contribution in [0.1, 0.15) is 23.7 Å². The second kappa shape index (κ2) is 9.06. The van der Waals surface area contributed by atoms with Crippen molar-refractivity contribution in [2.24, 2.45) is 5.92 Å². The van der Waals surface area contributed by atoms with Gasteiger partial charge in [-0.05, 0) is 43.1 Å². The van der Waals surface area contributed by atoms with Crippen molar-refractivity contribution >= 4 is 22.6 Å². The molecule has 2 aromatic rings. The average molecular weight is 418 g/mol. The number of likely N-dealkylation sites (tertiary alicyclic amines) is 1. The van der Waals surface area contributed by atoms with E-state index in [4.69, 9.17) is 9.47 Å². The summed E-state index contributed by atoms with van der Waals surface area (Å²) in [5.41, 5.74) is 1.87. The van der Waals surface area contributed by atoms with Crippen LogP contribution in [0.2, 0.25) is 0 Å². The van der Waals surface area contributed by atoms with Crippen LogP contribution in [0.5, 0.6) is 5.75 Å². The van der Waals surface area contributed by atoms with Crippen molar-refractivity contribution in [1.82, 2.24) is 19.6 Å². The Hall–Kier alpha value is -2.23.